The highest BCUT2D eigenvalue weighted by molar-refractivity contribution is 14.0. The maximum Gasteiger partial charge on any atom is 0.401 e. The predicted molar refractivity (Wildman–Crippen MR) is 94.6 cm³/mol. The van der Waals surface area contributed by atoms with E-state index in [4.69, 9.17) is 5.73 Å². The summed E-state index contributed by atoms with van der Waals surface area (Å²) in [5, 5.41) is 3.09. The second-order valence-corrected chi connectivity index (χ2v) is 5.84. The van der Waals surface area contributed by atoms with Crippen LogP contribution < -0.4 is 11.1 Å². The number of aliphatic imine (C=N–C) groups is 1. The van der Waals surface area contributed by atoms with Crippen LogP contribution in [0.2, 0.25) is 0 Å². The van der Waals surface area contributed by atoms with Crippen molar-refractivity contribution in [2.75, 3.05) is 26.2 Å². The second kappa shape index (κ2) is 10.5. The molecule has 132 valence electrons. The Kier molecular flexibility index (Phi) is 10.4. The minimum absolute atomic E-state index is 0. The van der Waals surface area contributed by atoms with Gasteiger partial charge >= 0.3 is 6.18 Å². The van der Waals surface area contributed by atoms with Crippen molar-refractivity contribution in [3.05, 3.63) is 0 Å². The summed E-state index contributed by atoms with van der Waals surface area (Å²) in [6, 6.07) is 0.305. The van der Waals surface area contributed by atoms with Crippen LogP contribution in [-0.2, 0) is 0 Å². The lowest BCUT2D eigenvalue weighted by Gasteiger charge is -2.32. The normalized spacial score (nSPS) is 19.6. The minimum atomic E-state index is -4.09. The van der Waals surface area contributed by atoms with E-state index in [1.165, 1.54) is 4.90 Å². The average Bonchev–Trinajstić information content (AvgIpc) is 2.39. The molecule has 1 fully saturated rings. The molecule has 0 bridgehead atoms. The van der Waals surface area contributed by atoms with Gasteiger partial charge in [-0.1, -0.05) is 6.92 Å². The molecule has 0 aromatic carbocycles. The van der Waals surface area contributed by atoms with Gasteiger partial charge in [0.05, 0.1) is 6.54 Å². The Morgan fingerprint density at radius 2 is 1.95 bits per heavy atom. The molecule has 1 saturated heterocycles. The largest absolute Gasteiger partial charge is 0.401 e. The van der Waals surface area contributed by atoms with Crippen molar-refractivity contribution in [1.82, 2.24) is 10.2 Å². The maximum absolute atomic E-state index is 12.3. The maximum atomic E-state index is 12.3. The number of hydrogen-bond donors (Lipinski definition) is 2. The standard InChI is InChI=1S/C14H27F3N4.HI/c1-3-11(2)20-13(18)19-7-4-12-5-8-21(9-6-12)10-14(15,16)17;/h11-12H,3-10H2,1-2H3,(H3,18,19,20);1H. The molecule has 0 aromatic heterocycles. The third-order valence-corrected chi connectivity index (χ3v) is 3.94. The molecule has 0 amide bonds. The first-order valence-corrected chi connectivity index (χ1v) is 7.65. The first kappa shape index (κ1) is 21.8. The molecule has 4 nitrogen and oxygen atoms in total. The van der Waals surface area contributed by atoms with Gasteiger partial charge in [-0.25, -0.2) is 0 Å². The van der Waals surface area contributed by atoms with Crippen LogP contribution >= 0.6 is 24.0 Å². The summed E-state index contributed by atoms with van der Waals surface area (Å²) in [5.41, 5.74) is 5.76. The van der Waals surface area contributed by atoms with E-state index in [9.17, 15) is 13.2 Å². The van der Waals surface area contributed by atoms with Crippen LogP contribution in [0.25, 0.3) is 0 Å². The highest BCUT2D eigenvalue weighted by atomic mass is 127. The molecule has 1 unspecified atom stereocenters. The number of rotatable bonds is 6. The lowest BCUT2D eigenvalue weighted by molar-refractivity contribution is -0.148. The first-order chi connectivity index (χ1) is 9.80. The molecule has 1 rings (SSSR count). The number of nitrogens with two attached hydrogens (primary N) is 1. The molecule has 1 heterocycles. The number of halogens is 4. The van der Waals surface area contributed by atoms with Crippen molar-refractivity contribution in [2.45, 2.75) is 51.7 Å². The molecule has 0 radical (unpaired) electrons. The number of nitrogens with zero attached hydrogens (tertiary/aromatic N) is 2. The molecule has 3 N–H and O–H groups in total. The molecule has 0 aliphatic carbocycles. The smallest absolute Gasteiger partial charge is 0.370 e. The third kappa shape index (κ3) is 9.70. The first-order valence-electron chi connectivity index (χ1n) is 7.65. The number of hydrogen-bond acceptors (Lipinski definition) is 2. The van der Waals surface area contributed by atoms with E-state index in [1.54, 1.807) is 0 Å². The van der Waals surface area contributed by atoms with Crippen LogP contribution in [0, 0.1) is 5.92 Å². The van der Waals surface area contributed by atoms with E-state index in [1.807, 2.05) is 6.92 Å². The number of nitrogens with one attached hydrogen (secondary N) is 1. The summed E-state index contributed by atoms with van der Waals surface area (Å²) in [6.45, 7) is 5.00. The van der Waals surface area contributed by atoms with Gasteiger partial charge in [0, 0.05) is 12.6 Å². The molecular weight excluding hydrogens is 408 g/mol. The van der Waals surface area contributed by atoms with Crippen LogP contribution in [0.3, 0.4) is 0 Å². The summed E-state index contributed by atoms with van der Waals surface area (Å²) >= 11 is 0. The summed E-state index contributed by atoms with van der Waals surface area (Å²) < 4.78 is 36.8. The van der Waals surface area contributed by atoms with Gasteiger partial charge in [0.25, 0.3) is 0 Å². The molecule has 0 aromatic rings. The molecule has 0 saturated carbocycles. The highest BCUT2D eigenvalue weighted by Crippen LogP contribution is 2.24. The van der Waals surface area contributed by atoms with Crippen molar-refractivity contribution < 1.29 is 13.2 Å². The van der Waals surface area contributed by atoms with Gasteiger partial charge in [0.15, 0.2) is 5.96 Å². The fourth-order valence-electron chi connectivity index (χ4n) is 2.45. The fraction of sp³-hybridized carbons (Fsp3) is 0.929. The van der Waals surface area contributed by atoms with E-state index in [0.717, 1.165) is 25.7 Å². The summed E-state index contributed by atoms with van der Waals surface area (Å²) in [7, 11) is 0. The molecule has 1 aliphatic heterocycles. The van der Waals surface area contributed by atoms with Gasteiger partial charge in [-0.2, -0.15) is 13.2 Å². The number of likely N-dealkylation sites (tertiary alicyclic amines) is 1. The average molecular weight is 436 g/mol. The zero-order valence-electron chi connectivity index (χ0n) is 13.3. The Morgan fingerprint density at radius 3 is 2.45 bits per heavy atom. The van der Waals surface area contributed by atoms with Crippen LogP contribution in [0.15, 0.2) is 4.99 Å². The van der Waals surface area contributed by atoms with Gasteiger partial charge in [0.1, 0.15) is 0 Å². The van der Waals surface area contributed by atoms with Crippen molar-refractivity contribution in [3.63, 3.8) is 0 Å². The molecule has 1 aliphatic rings. The van der Waals surface area contributed by atoms with Gasteiger partial charge < -0.3 is 11.1 Å². The van der Waals surface area contributed by atoms with Crippen LogP contribution in [0.1, 0.15) is 39.5 Å². The SMILES string of the molecule is CCC(C)NC(N)=NCCC1CCN(CC(F)(F)F)CC1.I. The molecule has 0 spiro atoms. The summed E-state index contributed by atoms with van der Waals surface area (Å²) in [4.78, 5) is 5.76. The van der Waals surface area contributed by atoms with E-state index in [0.29, 0.717) is 37.6 Å². The monoisotopic (exact) mass is 436 g/mol. The Labute approximate surface area is 148 Å². The number of alkyl halides is 3. The summed E-state index contributed by atoms with van der Waals surface area (Å²) in [6.07, 6.45) is -0.599. The van der Waals surface area contributed by atoms with Crippen LogP contribution in [0.5, 0.6) is 0 Å². The Balaban J connectivity index is 0.00000441. The number of guanidine groups is 1. The van der Waals surface area contributed by atoms with Gasteiger partial charge in [-0.3, -0.25) is 9.89 Å². The quantitative estimate of drug-likeness (QED) is 0.383. The second-order valence-electron chi connectivity index (χ2n) is 5.84. The lowest BCUT2D eigenvalue weighted by Crippen LogP contribution is -2.40. The van der Waals surface area contributed by atoms with Crippen molar-refractivity contribution in [3.8, 4) is 0 Å². The van der Waals surface area contributed by atoms with Crippen molar-refractivity contribution in [2.24, 2.45) is 16.6 Å². The molecular formula is C14H28F3IN4. The Hall–Kier alpha value is -0.250. The third-order valence-electron chi connectivity index (χ3n) is 3.94. The van der Waals surface area contributed by atoms with Gasteiger partial charge in [-0.15, -0.1) is 24.0 Å². The van der Waals surface area contributed by atoms with E-state index >= 15 is 0 Å². The lowest BCUT2D eigenvalue weighted by atomic mass is 9.93. The fourth-order valence-corrected chi connectivity index (χ4v) is 2.45. The van der Waals surface area contributed by atoms with E-state index in [-0.39, 0.29) is 24.0 Å². The van der Waals surface area contributed by atoms with Crippen molar-refractivity contribution >= 4 is 29.9 Å². The van der Waals surface area contributed by atoms with Gasteiger partial charge in [-0.05, 0) is 51.6 Å². The zero-order valence-corrected chi connectivity index (χ0v) is 15.7. The zero-order chi connectivity index (χ0) is 15.9. The molecule has 22 heavy (non-hydrogen) atoms. The van der Waals surface area contributed by atoms with Crippen LogP contribution in [-0.4, -0.2) is 49.3 Å². The van der Waals surface area contributed by atoms with Gasteiger partial charge in [0.2, 0.25) is 0 Å². The molecule has 1 atom stereocenters. The summed E-state index contributed by atoms with van der Waals surface area (Å²) in [5.74, 6) is 0.911. The van der Waals surface area contributed by atoms with E-state index in [2.05, 4.69) is 17.2 Å². The number of piperidine rings is 1. The highest BCUT2D eigenvalue weighted by Gasteiger charge is 2.32. The van der Waals surface area contributed by atoms with Crippen molar-refractivity contribution in [1.29, 1.82) is 0 Å². The molecule has 8 heteroatoms. The van der Waals surface area contributed by atoms with E-state index < -0.39 is 12.7 Å². The topological polar surface area (TPSA) is 53.6 Å². The Bertz CT molecular complexity index is 329. The Morgan fingerprint density at radius 1 is 1.36 bits per heavy atom. The van der Waals surface area contributed by atoms with Crippen LogP contribution in [0.4, 0.5) is 13.2 Å². The predicted octanol–water partition coefficient (Wildman–Crippen LogP) is 2.97. The minimum Gasteiger partial charge on any atom is -0.370 e.